The van der Waals surface area contributed by atoms with Gasteiger partial charge in [0.15, 0.2) is 0 Å². The number of ether oxygens (including phenoxy) is 1. The zero-order valence-electron chi connectivity index (χ0n) is 17.0. The number of carbonyl (C=O) groups excluding carboxylic acids is 2. The summed E-state index contributed by atoms with van der Waals surface area (Å²) < 4.78 is 5.13. The Kier molecular flexibility index (Phi) is 6.07. The monoisotopic (exact) mass is 435 g/mol. The van der Waals surface area contributed by atoms with E-state index >= 15 is 0 Å². The molecule has 0 aliphatic carbocycles. The van der Waals surface area contributed by atoms with E-state index < -0.39 is 17.7 Å². The molecule has 3 aromatic rings. The Morgan fingerprint density at radius 1 is 1.03 bits per heavy atom. The number of fused-ring (bicyclic) bond motifs is 1. The number of amides is 1. The molecule has 1 amide bonds. The van der Waals surface area contributed by atoms with Crippen molar-refractivity contribution in [1.29, 1.82) is 0 Å². The normalized spacial score (nSPS) is 18.1. The largest absolute Gasteiger partial charge is 0.507 e. The SMILES string of the molecule is COCCCN1C(=O)C(=O)/C(=C(/O)c2ccc(Cl)cc2)[C@@H]1c1cccc2ccccc12. The summed E-state index contributed by atoms with van der Waals surface area (Å²) in [6.45, 7) is 0.798. The third-order valence-corrected chi connectivity index (χ3v) is 5.78. The lowest BCUT2D eigenvalue weighted by Crippen LogP contribution is -2.31. The molecule has 1 saturated heterocycles. The maximum absolute atomic E-state index is 13.1. The quantitative estimate of drug-likeness (QED) is 0.257. The molecule has 6 heteroatoms. The van der Waals surface area contributed by atoms with E-state index in [1.807, 2.05) is 42.5 Å². The Bertz CT molecular complexity index is 1160. The lowest BCUT2D eigenvalue weighted by atomic mass is 9.91. The molecule has 4 rings (SSSR count). The molecule has 1 aliphatic rings. The zero-order chi connectivity index (χ0) is 22.0. The van der Waals surface area contributed by atoms with Crippen LogP contribution in [0.25, 0.3) is 16.5 Å². The number of aliphatic hydroxyl groups excluding tert-OH is 1. The predicted octanol–water partition coefficient (Wildman–Crippen LogP) is 4.95. The van der Waals surface area contributed by atoms with Crippen molar-refractivity contribution < 1.29 is 19.4 Å². The van der Waals surface area contributed by atoms with Crippen LogP contribution in [0.3, 0.4) is 0 Å². The van der Waals surface area contributed by atoms with Gasteiger partial charge >= 0.3 is 0 Å². The molecule has 0 aromatic heterocycles. The third-order valence-electron chi connectivity index (χ3n) is 5.52. The molecule has 0 radical (unpaired) electrons. The van der Waals surface area contributed by atoms with Crippen LogP contribution in [0.4, 0.5) is 0 Å². The molecule has 0 spiro atoms. The number of methoxy groups -OCH3 is 1. The van der Waals surface area contributed by atoms with E-state index in [0.717, 1.165) is 16.3 Å². The molecule has 1 N–H and O–H groups in total. The van der Waals surface area contributed by atoms with Gasteiger partial charge in [-0.3, -0.25) is 9.59 Å². The molecule has 3 aromatic carbocycles. The summed E-state index contributed by atoms with van der Waals surface area (Å²) in [5.74, 6) is -1.52. The fourth-order valence-corrected chi connectivity index (χ4v) is 4.19. The van der Waals surface area contributed by atoms with Crippen LogP contribution in [0.2, 0.25) is 5.02 Å². The summed E-state index contributed by atoms with van der Waals surface area (Å²) in [4.78, 5) is 27.6. The smallest absolute Gasteiger partial charge is 0.295 e. The molecule has 0 unspecified atom stereocenters. The summed E-state index contributed by atoms with van der Waals surface area (Å²) in [7, 11) is 1.59. The van der Waals surface area contributed by atoms with Crippen molar-refractivity contribution in [1.82, 2.24) is 4.90 Å². The van der Waals surface area contributed by atoms with Gasteiger partial charge in [0.05, 0.1) is 11.6 Å². The Balaban J connectivity index is 1.91. The number of Topliss-reactive ketones (excluding diaryl/α,β-unsaturated/α-hetero) is 1. The van der Waals surface area contributed by atoms with E-state index in [9.17, 15) is 14.7 Å². The molecule has 5 nitrogen and oxygen atoms in total. The van der Waals surface area contributed by atoms with E-state index in [4.69, 9.17) is 16.3 Å². The zero-order valence-corrected chi connectivity index (χ0v) is 17.8. The number of carbonyl (C=O) groups is 2. The second-order valence-corrected chi connectivity index (χ2v) is 7.85. The molecule has 1 heterocycles. The first-order valence-electron chi connectivity index (χ1n) is 10.0. The Morgan fingerprint density at radius 3 is 2.48 bits per heavy atom. The van der Waals surface area contributed by atoms with Crippen LogP contribution in [0, 0.1) is 0 Å². The maximum Gasteiger partial charge on any atom is 0.295 e. The average Bonchev–Trinajstić information content (AvgIpc) is 3.04. The molecule has 0 saturated carbocycles. The number of hydrogen-bond donors (Lipinski definition) is 1. The molecule has 0 bridgehead atoms. The van der Waals surface area contributed by atoms with Gasteiger partial charge in [-0.1, -0.05) is 54.1 Å². The molecule has 31 heavy (non-hydrogen) atoms. The lowest BCUT2D eigenvalue weighted by molar-refractivity contribution is -0.140. The van der Waals surface area contributed by atoms with Crippen LogP contribution in [0.5, 0.6) is 0 Å². The highest BCUT2D eigenvalue weighted by Crippen LogP contribution is 2.41. The van der Waals surface area contributed by atoms with Gasteiger partial charge in [-0.25, -0.2) is 0 Å². The van der Waals surface area contributed by atoms with E-state index in [0.29, 0.717) is 30.2 Å². The van der Waals surface area contributed by atoms with Crippen LogP contribution >= 0.6 is 11.6 Å². The van der Waals surface area contributed by atoms with Crippen LogP contribution < -0.4 is 0 Å². The summed E-state index contributed by atoms with van der Waals surface area (Å²) >= 11 is 5.97. The number of hydrogen-bond acceptors (Lipinski definition) is 4. The first-order chi connectivity index (χ1) is 15.0. The molecular weight excluding hydrogens is 414 g/mol. The lowest BCUT2D eigenvalue weighted by Gasteiger charge is -2.26. The van der Waals surface area contributed by atoms with Gasteiger partial charge in [0, 0.05) is 30.8 Å². The highest BCUT2D eigenvalue weighted by atomic mass is 35.5. The second-order valence-electron chi connectivity index (χ2n) is 7.41. The first kappa shape index (κ1) is 21.1. The second kappa shape index (κ2) is 8.92. The number of halogens is 1. The van der Waals surface area contributed by atoms with Crippen LogP contribution in [-0.4, -0.2) is 42.0 Å². The van der Waals surface area contributed by atoms with Gasteiger partial charge in [0.25, 0.3) is 11.7 Å². The predicted molar refractivity (Wildman–Crippen MR) is 121 cm³/mol. The number of aliphatic hydroxyl groups is 1. The van der Waals surface area contributed by atoms with E-state index in [1.165, 1.54) is 4.90 Å². The number of likely N-dealkylation sites (tertiary alicyclic amines) is 1. The van der Waals surface area contributed by atoms with E-state index in [2.05, 4.69) is 0 Å². The van der Waals surface area contributed by atoms with Crippen molar-refractivity contribution in [3.05, 3.63) is 88.5 Å². The first-order valence-corrected chi connectivity index (χ1v) is 10.4. The summed E-state index contributed by atoms with van der Waals surface area (Å²) in [6, 6.07) is 19.4. The van der Waals surface area contributed by atoms with Gasteiger partial charge in [-0.05, 0) is 47.0 Å². The van der Waals surface area contributed by atoms with Crippen molar-refractivity contribution in [3.63, 3.8) is 0 Å². The van der Waals surface area contributed by atoms with Crippen LogP contribution in [-0.2, 0) is 14.3 Å². The summed E-state index contributed by atoms with van der Waals surface area (Å²) in [5.41, 5.74) is 1.32. The van der Waals surface area contributed by atoms with Gasteiger partial charge in [0.1, 0.15) is 5.76 Å². The minimum atomic E-state index is -0.696. The van der Waals surface area contributed by atoms with Crippen molar-refractivity contribution in [2.45, 2.75) is 12.5 Å². The number of benzene rings is 3. The standard InChI is InChI=1S/C25H22ClNO4/c1-31-15-5-14-27-22(20-9-4-7-16-6-2-3-8-19(16)20)21(24(29)25(27)30)23(28)17-10-12-18(26)13-11-17/h2-4,6-13,22,28H,5,14-15H2,1H3/b23-21+/t22-/m0/s1. The van der Waals surface area contributed by atoms with Crippen molar-refractivity contribution in [3.8, 4) is 0 Å². The fourth-order valence-electron chi connectivity index (χ4n) is 4.07. The van der Waals surface area contributed by atoms with E-state index in [1.54, 1.807) is 31.4 Å². The summed E-state index contributed by atoms with van der Waals surface area (Å²) in [6.07, 6.45) is 0.575. The van der Waals surface area contributed by atoms with Gasteiger partial charge in [-0.2, -0.15) is 0 Å². The Morgan fingerprint density at radius 2 is 1.74 bits per heavy atom. The summed E-state index contributed by atoms with van der Waals surface area (Å²) in [5, 5.41) is 13.5. The molecule has 1 fully saturated rings. The van der Waals surface area contributed by atoms with Crippen molar-refractivity contribution in [2.75, 3.05) is 20.3 Å². The minimum absolute atomic E-state index is 0.0843. The molecular formula is C25H22ClNO4. The van der Waals surface area contributed by atoms with Crippen molar-refractivity contribution in [2.24, 2.45) is 0 Å². The fraction of sp³-hybridized carbons (Fsp3) is 0.200. The highest BCUT2D eigenvalue weighted by Gasteiger charge is 2.46. The number of ketones is 1. The van der Waals surface area contributed by atoms with Gasteiger partial charge in [-0.15, -0.1) is 0 Å². The highest BCUT2D eigenvalue weighted by molar-refractivity contribution is 6.46. The molecule has 1 aliphatic heterocycles. The Hall–Kier alpha value is -3.15. The van der Waals surface area contributed by atoms with Gasteiger partial charge in [0.2, 0.25) is 0 Å². The number of rotatable bonds is 6. The molecule has 158 valence electrons. The van der Waals surface area contributed by atoms with Crippen molar-refractivity contribution >= 4 is 39.8 Å². The number of nitrogens with zero attached hydrogens (tertiary/aromatic N) is 1. The average molecular weight is 436 g/mol. The van der Waals surface area contributed by atoms with Gasteiger partial charge < -0.3 is 14.7 Å². The Labute approximate surface area is 185 Å². The van der Waals surface area contributed by atoms with Crippen LogP contribution in [0.15, 0.2) is 72.3 Å². The third kappa shape index (κ3) is 3.94. The minimum Gasteiger partial charge on any atom is -0.507 e. The van der Waals surface area contributed by atoms with Crippen LogP contribution in [0.1, 0.15) is 23.6 Å². The maximum atomic E-state index is 13.1. The molecule has 1 atom stereocenters. The van der Waals surface area contributed by atoms with E-state index in [-0.39, 0.29) is 11.3 Å². The topological polar surface area (TPSA) is 66.8 Å².